The molecular weight excluding hydrogens is 136 g/mol. The van der Waals surface area contributed by atoms with E-state index >= 15 is 0 Å². The summed E-state index contributed by atoms with van der Waals surface area (Å²) in [4.78, 5) is 0. The molecule has 1 N–H and O–H groups in total. The van der Waals surface area contributed by atoms with Gasteiger partial charge in [-0.05, 0) is 36.5 Å². The standard InChI is InChI=1S/C10H11O/c11-10-6-5-8-3-1-2-4-9(8)7-10/h1-3,10-11H,5-7H2. The van der Waals surface area contributed by atoms with Crippen LogP contribution in [-0.2, 0) is 12.8 Å². The van der Waals surface area contributed by atoms with Crippen LogP contribution in [0.5, 0.6) is 0 Å². The molecule has 1 aromatic carbocycles. The Kier molecular flexibility index (Phi) is 1.66. The molecule has 1 radical (unpaired) electrons. The number of benzene rings is 1. The maximum Gasteiger partial charge on any atom is 0.0584 e. The number of rotatable bonds is 0. The summed E-state index contributed by atoms with van der Waals surface area (Å²) >= 11 is 0. The highest BCUT2D eigenvalue weighted by molar-refractivity contribution is 5.28. The Morgan fingerprint density at radius 1 is 1.55 bits per heavy atom. The van der Waals surface area contributed by atoms with Crippen LogP contribution in [0.3, 0.4) is 0 Å². The molecule has 57 valence electrons. The minimum absolute atomic E-state index is 0.138. The highest BCUT2D eigenvalue weighted by Gasteiger charge is 2.14. The van der Waals surface area contributed by atoms with Crippen LogP contribution in [0.1, 0.15) is 17.5 Å². The summed E-state index contributed by atoms with van der Waals surface area (Å²) in [6.07, 6.45) is 2.57. The van der Waals surface area contributed by atoms with Gasteiger partial charge in [-0.1, -0.05) is 18.2 Å². The molecule has 0 saturated carbocycles. The fourth-order valence-electron chi connectivity index (χ4n) is 1.59. The zero-order valence-electron chi connectivity index (χ0n) is 6.38. The van der Waals surface area contributed by atoms with Crippen LogP contribution in [0.2, 0.25) is 0 Å². The molecule has 0 heterocycles. The lowest BCUT2D eigenvalue weighted by molar-refractivity contribution is 0.158. The largest absolute Gasteiger partial charge is 0.393 e. The maximum absolute atomic E-state index is 9.34. The minimum Gasteiger partial charge on any atom is -0.393 e. The van der Waals surface area contributed by atoms with Gasteiger partial charge in [0.1, 0.15) is 0 Å². The molecule has 0 fully saturated rings. The van der Waals surface area contributed by atoms with Gasteiger partial charge in [-0.25, -0.2) is 0 Å². The normalized spacial score (nSPS) is 22.8. The highest BCUT2D eigenvalue weighted by Crippen LogP contribution is 2.19. The quantitative estimate of drug-likeness (QED) is 0.587. The number of aliphatic hydroxyl groups is 1. The van der Waals surface area contributed by atoms with Gasteiger partial charge in [-0.15, -0.1) is 0 Å². The fourth-order valence-corrected chi connectivity index (χ4v) is 1.59. The van der Waals surface area contributed by atoms with Gasteiger partial charge in [0.15, 0.2) is 0 Å². The Balaban J connectivity index is 2.34. The van der Waals surface area contributed by atoms with Crippen LogP contribution >= 0.6 is 0 Å². The van der Waals surface area contributed by atoms with Crippen LogP contribution in [0.15, 0.2) is 18.2 Å². The topological polar surface area (TPSA) is 20.2 Å². The third-order valence-corrected chi connectivity index (χ3v) is 2.23. The van der Waals surface area contributed by atoms with Gasteiger partial charge in [-0.2, -0.15) is 0 Å². The van der Waals surface area contributed by atoms with Crippen molar-refractivity contribution >= 4 is 0 Å². The van der Waals surface area contributed by atoms with E-state index < -0.39 is 0 Å². The molecule has 0 amide bonds. The Morgan fingerprint density at radius 2 is 2.45 bits per heavy atom. The monoisotopic (exact) mass is 147 g/mol. The summed E-state index contributed by atoms with van der Waals surface area (Å²) < 4.78 is 0. The van der Waals surface area contributed by atoms with Gasteiger partial charge in [0, 0.05) is 0 Å². The Morgan fingerprint density at radius 3 is 3.36 bits per heavy atom. The van der Waals surface area contributed by atoms with E-state index in [0.717, 1.165) is 19.3 Å². The van der Waals surface area contributed by atoms with E-state index in [1.165, 1.54) is 11.1 Å². The minimum atomic E-state index is -0.138. The van der Waals surface area contributed by atoms with Gasteiger partial charge in [0.25, 0.3) is 0 Å². The molecule has 11 heavy (non-hydrogen) atoms. The van der Waals surface area contributed by atoms with Crippen molar-refractivity contribution in [2.75, 3.05) is 0 Å². The van der Waals surface area contributed by atoms with E-state index in [0.29, 0.717) is 0 Å². The van der Waals surface area contributed by atoms with Gasteiger partial charge in [0.05, 0.1) is 6.10 Å². The number of hydrogen-bond donors (Lipinski definition) is 1. The molecule has 0 aromatic heterocycles. The van der Waals surface area contributed by atoms with Crippen molar-refractivity contribution in [3.8, 4) is 0 Å². The van der Waals surface area contributed by atoms with Gasteiger partial charge >= 0.3 is 0 Å². The second kappa shape index (κ2) is 2.67. The van der Waals surface area contributed by atoms with E-state index in [2.05, 4.69) is 12.1 Å². The average Bonchev–Trinajstić information content (AvgIpc) is 2.04. The predicted octanol–water partition coefficient (Wildman–Crippen LogP) is 1.34. The fraction of sp³-hybridized carbons (Fsp3) is 0.400. The van der Waals surface area contributed by atoms with Crippen LogP contribution in [-0.4, -0.2) is 11.2 Å². The van der Waals surface area contributed by atoms with Crippen molar-refractivity contribution in [1.29, 1.82) is 0 Å². The molecule has 1 heteroatoms. The number of fused-ring (bicyclic) bond motifs is 1. The summed E-state index contributed by atoms with van der Waals surface area (Å²) in [6, 6.07) is 9.21. The smallest absolute Gasteiger partial charge is 0.0584 e. The first-order valence-corrected chi connectivity index (χ1v) is 4.03. The first-order chi connectivity index (χ1) is 5.36. The van der Waals surface area contributed by atoms with Gasteiger partial charge < -0.3 is 5.11 Å². The van der Waals surface area contributed by atoms with E-state index in [-0.39, 0.29) is 6.10 Å². The molecule has 1 aliphatic rings. The van der Waals surface area contributed by atoms with Crippen LogP contribution in [0.4, 0.5) is 0 Å². The zero-order valence-corrected chi connectivity index (χ0v) is 6.38. The molecule has 1 aliphatic carbocycles. The highest BCUT2D eigenvalue weighted by atomic mass is 16.3. The SMILES string of the molecule is OC1CCc2ccc[c]c2C1. The van der Waals surface area contributed by atoms with Gasteiger partial charge in [-0.3, -0.25) is 0 Å². The van der Waals surface area contributed by atoms with Crippen molar-refractivity contribution in [2.45, 2.75) is 25.4 Å². The first kappa shape index (κ1) is 6.86. The summed E-state index contributed by atoms with van der Waals surface area (Å²) in [7, 11) is 0. The molecule has 1 unspecified atom stereocenters. The van der Waals surface area contributed by atoms with Crippen LogP contribution < -0.4 is 0 Å². The third kappa shape index (κ3) is 1.29. The molecule has 0 aliphatic heterocycles. The zero-order chi connectivity index (χ0) is 7.68. The molecule has 0 saturated heterocycles. The Labute approximate surface area is 66.7 Å². The molecule has 0 bridgehead atoms. The first-order valence-electron chi connectivity index (χ1n) is 4.03. The van der Waals surface area contributed by atoms with Crippen molar-refractivity contribution < 1.29 is 5.11 Å². The molecular formula is C10H11O. The average molecular weight is 147 g/mol. The molecule has 1 atom stereocenters. The van der Waals surface area contributed by atoms with Crippen molar-refractivity contribution in [3.05, 3.63) is 35.4 Å². The lowest BCUT2D eigenvalue weighted by atomic mass is 9.90. The van der Waals surface area contributed by atoms with E-state index in [4.69, 9.17) is 0 Å². The third-order valence-electron chi connectivity index (χ3n) is 2.23. The van der Waals surface area contributed by atoms with Crippen LogP contribution in [0, 0.1) is 6.07 Å². The van der Waals surface area contributed by atoms with Crippen molar-refractivity contribution in [1.82, 2.24) is 0 Å². The maximum atomic E-state index is 9.34. The molecule has 0 spiro atoms. The van der Waals surface area contributed by atoms with Gasteiger partial charge in [0.2, 0.25) is 0 Å². The number of aryl methyl sites for hydroxylation is 1. The van der Waals surface area contributed by atoms with E-state index in [9.17, 15) is 5.11 Å². The van der Waals surface area contributed by atoms with E-state index in [1.807, 2.05) is 12.1 Å². The number of hydrogen-bond acceptors (Lipinski definition) is 1. The Hall–Kier alpha value is -0.820. The van der Waals surface area contributed by atoms with Crippen LogP contribution in [0.25, 0.3) is 0 Å². The summed E-state index contributed by atoms with van der Waals surface area (Å²) in [5, 5.41) is 9.34. The van der Waals surface area contributed by atoms with E-state index in [1.54, 1.807) is 0 Å². The molecule has 1 aromatic rings. The number of aliphatic hydroxyl groups excluding tert-OH is 1. The Bertz CT molecular complexity index is 255. The van der Waals surface area contributed by atoms with Crippen molar-refractivity contribution in [2.24, 2.45) is 0 Å². The lowest BCUT2D eigenvalue weighted by Gasteiger charge is -2.19. The summed E-state index contributed by atoms with van der Waals surface area (Å²) in [6.45, 7) is 0. The van der Waals surface area contributed by atoms with Crippen molar-refractivity contribution in [3.63, 3.8) is 0 Å². The molecule has 1 nitrogen and oxygen atoms in total. The summed E-state index contributed by atoms with van der Waals surface area (Å²) in [5.41, 5.74) is 2.56. The predicted molar refractivity (Wildman–Crippen MR) is 43.3 cm³/mol. The summed E-state index contributed by atoms with van der Waals surface area (Å²) in [5.74, 6) is 0. The second-order valence-corrected chi connectivity index (χ2v) is 3.07. The lowest BCUT2D eigenvalue weighted by Crippen LogP contribution is -2.18. The second-order valence-electron chi connectivity index (χ2n) is 3.07. The molecule has 2 rings (SSSR count).